The van der Waals surface area contributed by atoms with Gasteiger partial charge in [-0.1, -0.05) is 19.8 Å². The fraction of sp³-hybridized carbons (Fsp3) is 0.818. The van der Waals surface area contributed by atoms with Gasteiger partial charge in [-0.05, 0) is 20.3 Å². The Morgan fingerprint density at radius 3 is 2.50 bits per heavy atom. The monoisotopic (exact) mass is 200 g/mol. The first-order valence-electron chi connectivity index (χ1n) is 5.14. The van der Waals surface area contributed by atoms with Crippen LogP contribution < -0.4 is 0 Å². The first kappa shape index (κ1) is 13.1. The van der Waals surface area contributed by atoms with Crippen LogP contribution in [0, 0.1) is 5.41 Å². The Labute approximate surface area is 85.8 Å². The summed E-state index contributed by atoms with van der Waals surface area (Å²) in [6, 6.07) is 0. The van der Waals surface area contributed by atoms with Crippen molar-refractivity contribution in [2.75, 3.05) is 6.61 Å². The SMILES string of the molecule is CCCCCC(=O)OCC(C)(C)C=O. The van der Waals surface area contributed by atoms with Gasteiger partial charge in [-0.3, -0.25) is 4.79 Å². The number of carbonyl (C=O) groups excluding carboxylic acids is 2. The normalized spacial score (nSPS) is 11.1. The Balaban J connectivity index is 3.58. The highest BCUT2D eigenvalue weighted by atomic mass is 16.5. The van der Waals surface area contributed by atoms with E-state index in [0.717, 1.165) is 25.5 Å². The van der Waals surface area contributed by atoms with Crippen molar-refractivity contribution < 1.29 is 14.3 Å². The highest BCUT2D eigenvalue weighted by Gasteiger charge is 2.18. The van der Waals surface area contributed by atoms with Crippen molar-refractivity contribution in [3.63, 3.8) is 0 Å². The van der Waals surface area contributed by atoms with Crippen LogP contribution >= 0.6 is 0 Å². The Kier molecular flexibility index (Phi) is 6.17. The van der Waals surface area contributed by atoms with E-state index in [2.05, 4.69) is 6.92 Å². The topological polar surface area (TPSA) is 43.4 Å². The fourth-order valence-electron chi connectivity index (χ4n) is 0.892. The molecule has 0 unspecified atom stereocenters. The molecule has 0 rings (SSSR count). The minimum Gasteiger partial charge on any atom is -0.465 e. The maximum Gasteiger partial charge on any atom is 0.305 e. The molecule has 0 aromatic heterocycles. The van der Waals surface area contributed by atoms with Crippen LogP contribution in [0.2, 0.25) is 0 Å². The molecule has 0 atom stereocenters. The van der Waals surface area contributed by atoms with Crippen molar-refractivity contribution in [3.05, 3.63) is 0 Å². The number of hydrogen-bond donors (Lipinski definition) is 0. The minimum absolute atomic E-state index is 0.182. The molecule has 0 saturated heterocycles. The number of esters is 1. The van der Waals surface area contributed by atoms with Crippen LogP contribution in [0.1, 0.15) is 46.5 Å². The van der Waals surface area contributed by atoms with E-state index in [4.69, 9.17) is 4.74 Å². The Morgan fingerprint density at radius 2 is 2.00 bits per heavy atom. The van der Waals surface area contributed by atoms with Crippen LogP contribution in [-0.2, 0) is 14.3 Å². The van der Waals surface area contributed by atoms with Gasteiger partial charge in [-0.2, -0.15) is 0 Å². The molecule has 0 radical (unpaired) electrons. The van der Waals surface area contributed by atoms with Gasteiger partial charge in [0.1, 0.15) is 12.9 Å². The summed E-state index contributed by atoms with van der Waals surface area (Å²) in [5, 5.41) is 0. The van der Waals surface area contributed by atoms with Crippen LogP contribution in [-0.4, -0.2) is 18.9 Å². The summed E-state index contributed by atoms with van der Waals surface area (Å²) in [4.78, 5) is 21.7. The minimum atomic E-state index is -0.555. The van der Waals surface area contributed by atoms with Gasteiger partial charge >= 0.3 is 5.97 Å². The van der Waals surface area contributed by atoms with Gasteiger partial charge < -0.3 is 9.53 Å². The molecule has 14 heavy (non-hydrogen) atoms. The van der Waals surface area contributed by atoms with Gasteiger partial charge in [0, 0.05) is 6.42 Å². The molecule has 0 aliphatic rings. The van der Waals surface area contributed by atoms with Crippen molar-refractivity contribution in [1.82, 2.24) is 0 Å². The van der Waals surface area contributed by atoms with Gasteiger partial charge in [0.05, 0.1) is 5.41 Å². The summed E-state index contributed by atoms with van der Waals surface area (Å²) in [5.74, 6) is -0.201. The first-order valence-corrected chi connectivity index (χ1v) is 5.14. The van der Waals surface area contributed by atoms with Crippen molar-refractivity contribution >= 4 is 12.3 Å². The van der Waals surface area contributed by atoms with Crippen molar-refractivity contribution in [3.8, 4) is 0 Å². The molecule has 0 aromatic rings. The lowest BCUT2D eigenvalue weighted by molar-refractivity contribution is -0.147. The average molecular weight is 200 g/mol. The quantitative estimate of drug-likeness (QED) is 0.360. The summed E-state index contributed by atoms with van der Waals surface area (Å²) in [5.41, 5.74) is -0.555. The van der Waals surface area contributed by atoms with E-state index in [1.54, 1.807) is 13.8 Å². The van der Waals surface area contributed by atoms with Crippen molar-refractivity contribution in [1.29, 1.82) is 0 Å². The molecule has 0 heterocycles. The lowest BCUT2D eigenvalue weighted by Gasteiger charge is -2.16. The Hall–Kier alpha value is -0.860. The maximum atomic E-state index is 11.1. The predicted octanol–water partition coefficient (Wildman–Crippen LogP) is 2.33. The molecule has 0 aliphatic carbocycles. The molecule has 0 aromatic carbocycles. The van der Waals surface area contributed by atoms with Gasteiger partial charge in [0.15, 0.2) is 0 Å². The third-order valence-corrected chi connectivity index (χ3v) is 1.91. The van der Waals surface area contributed by atoms with Crippen LogP contribution in [0.25, 0.3) is 0 Å². The van der Waals surface area contributed by atoms with Gasteiger partial charge in [0.25, 0.3) is 0 Å². The van der Waals surface area contributed by atoms with Gasteiger partial charge in [-0.15, -0.1) is 0 Å². The third kappa shape index (κ3) is 6.63. The standard InChI is InChI=1S/C11H20O3/c1-4-5-6-7-10(13)14-9-11(2,3)8-12/h8H,4-7,9H2,1-3H3. The van der Waals surface area contributed by atoms with E-state index in [0.29, 0.717) is 6.42 Å². The summed E-state index contributed by atoms with van der Waals surface area (Å²) in [6.07, 6.45) is 4.28. The largest absolute Gasteiger partial charge is 0.465 e. The maximum absolute atomic E-state index is 11.1. The molecule has 3 heteroatoms. The molecule has 0 spiro atoms. The van der Waals surface area contributed by atoms with Crippen LogP contribution in [0.4, 0.5) is 0 Å². The van der Waals surface area contributed by atoms with Crippen LogP contribution in [0.15, 0.2) is 0 Å². The smallest absolute Gasteiger partial charge is 0.305 e. The lowest BCUT2D eigenvalue weighted by Crippen LogP contribution is -2.23. The second-order valence-electron chi connectivity index (χ2n) is 4.22. The van der Waals surface area contributed by atoms with Gasteiger partial charge in [0.2, 0.25) is 0 Å². The zero-order chi connectivity index (χ0) is 11.0. The number of unbranched alkanes of at least 4 members (excludes halogenated alkanes) is 2. The van der Waals surface area contributed by atoms with E-state index in [9.17, 15) is 9.59 Å². The molecule has 3 nitrogen and oxygen atoms in total. The second-order valence-corrected chi connectivity index (χ2v) is 4.22. The summed E-state index contributed by atoms with van der Waals surface area (Å²) < 4.78 is 4.97. The molecular weight excluding hydrogens is 180 g/mol. The molecule has 0 N–H and O–H groups in total. The average Bonchev–Trinajstić information content (AvgIpc) is 2.16. The Bertz CT molecular complexity index is 185. The predicted molar refractivity (Wildman–Crippen MR) is 54.9 cm³/mol. The van der Waals surface area contributed by atoms with E-state index in [-0.39, 0.29) is 12.6 Å². The zero-order valence-electron chi connectivity index (χ0n) is 9.34. The summed E-state index contributed by atoms with van der Waals surface area (Å²) in [7, 11) is 0. The Morgan fingerprint density at radius 1 is 1.36 bits per heavy atom. The number of ether oxygens (including phenoxy) is 1. The number of rotatable bonds is 7. The number of hydrogen-bond acceptors (Lipinski definition) is 3. The molecule has 82 valence electrons. The molecule has 0 amide bonds. The third-order valence-electron chi connectivity index (χ3n) is 1.91. The van der Waals surface area contributed by atoms with E-state index >= 15 is 0 Å². The van der Waals surface area contributed by atoms with E-state index < -0.39 is 5.41 Å². The molecule has 0 aliphatic heterocycles. The highest BCUT2D eigenvalue weighted by Crippen LogP contribution is 2.12. The fourth-order valence-corrected chi connectivity index (χ4v) is 0.892. The van der Waals surface area contributed by atoms with Gasteiger partial charge in [-0.25, -0.2) is 0 Å². The van der Waals surface area contributed by atoms with Crippen molar-refractivity contribution in [2.45, 2.75) is 46.5 Å². The molecule has 0 fully saturated rings. The first-order chi connectivity index (χ1) is 6.52. The molecule has 0 saturated carbocycles. The second kappa shape index (κ2) is 6.57. The molecular formula is C11H20O3. The number of carbonyl (C=O) groups is 2. The summed E-state index contributed by atoms with van der Waals surface area (Å²) >= 11 is 0. The summed E-state index contributed by atoms with van der Waals surface area (Å²) in [6.45, 7) is 5.76. The van der Waals surface area contributed by atoms with E-state index in [1.807, 2.05) is 0 Å². The number of aldehydes is 1. The lowest BCUT2D eigenvalue weighted by atomic mass is 9.98. The van der Waals surface area contributed by atoms with Crippen LogP contribution in [0.5, 0.6) is 0 Å². The van der Waals surface area contributed by atoms with Crippen LogP contribution in [0.3, 0.4) is 0 Å². The zero-order valence-corrected chi connectivity index (χ0v) is 9.34. The highest BCUT2D eigenvalue weighted by molar-refractivity contribution is 5.69. The van der Waals surface area contributed by atoms with Crippen molar-refractivity contribution in [2.24, 2.45) is 5.41 Å². The molecule has 0 bridgehead atoms. The van der Waals surface area contributed by atoms with E-state index in [1.165, 1.54) is 0 Å².